The Morgan fingerprint density at radius 1 is 1.34 bits per heavy atom. The molecule has 3 heterocycles. The smallest absolute Gasteiger partial charge is 0.410 e. The number of benzene rings is 1. The number of aromatic nitrogens is 3. The molecular weight excluding hydrogens is 405 g/mol. The Balaban J connectivity index is 1.49. The van der Waals surface area contributed by atoms with E-state index in [1.54, 1.807) is 0 Å². The minimum atomic E-state index is -4.52. The second kappa shape index (κ2) is 6.83. The number of anilines is 1. The molecule has 4 rings (SSSR count). The molecule has 1 aromatic carbocycles. The fourth-order valence-electron chi connectivity index (χ4n) is 3.24. The van der Waals surface area contributed by atoms with Crippen molar-refractivity contribution in [1.29, 1.82) is 0 Å². The van der Waals surface area contributed by atoms with Crippen LogP contribution < -0.4 is 15.4 Å². The summed E-state index contributed by atoms with van der Waals surface area (Å²) >= 11 is 0. The van der Waals surface area contributed by atoms with E-state index < -0.39 is 47.9 Å². The zero-order valence-corrected chi connectivity index (χ0v) is 14.5. The first-order valence-electron chi connectivity index (χ1n) is 8.53. The summed E-state index contributed by atoms with van der Waals surface area (Å²) in [6.45, 7) is -0.367. The van der Waals surface area contributed by atoms with Crippen molar-refractivity contribution in [3.63, 3.8) is 0 Å². The van der Waals surface area contributed by atoms with Crippen LogP contribution in [0.5, 0.6) is 5.75 Å². The zero-order chi connectivity index (χ0) is 20.9. The van der Waals surface area contributed by atoms with Gasteiger partial charge in [-0.2, -0.15) is 13.2 Å². The number of hydrogen-bond acceptors (Lipinski definition) is 6. The molecule has 0 radical (unpaired) electrons. The minimum Gasteiger partial charge on any atom is -0.489 e. The van der Waals surface area contributed by atoms with Crippen LogP contribution in [0.4, 0.5) is 27.6 Å². The fraction of sp³-hybridized carbons (Fsp3) is 0.438. The molecule has 1 unspecified atom stereocenters. The Morgan fingerprint density at radius 3 is 2.83 bits per heavy atom. The van der Waals surface area contributed by atoms with E-state index >= 15 is 0 Å². The number of hydrogen-bond donors (Lipinski definition) is 3. The molecule has 8 nitrogen and oxygen atoms in total. The SMILES string of the molecule is O=C(N[C@H]1COc2cc(F)cc(F)c2NC1O)c1nc2n(n1)[C@H](C(F)(F)F)CC2. The Kier molecular flexibility index (Phi) is 4.56. The van der Waals surface area contributed by atoms with Gasteiger partial charge in [0.05, 0.1) is 0 Å². The third-order valence-electron chi connectivity index (χ3n) is 4.65. The monoisotopic (exact) mass is 419 g/mol. The molecule has 0 saturated carbocycles. The fourth-order valence-corrected chi connectivity index (χ4v) is 3.24. The number of halogens is 5. The van der Waals surface area contributed by atoms with Crippen molar-refractivity contribution in [3.8, 4) is 5.75 Å². The molecule has 0 bridgehead atoms. The normalized spacial score (nSPS) is 23.4. The zero-order valence-electron chi connectivity index (χ0n) is 14.5. The second-order valence-corrected chi connectivity index (χ2v) is 6.63. The molecule has 2 aromatic rings. The minimum absolute atomic E-state index is 0.0152. The van der Waals surface area contributed by atoms with Crippen molar-refractivity contribution in [1.82, 2.24) is 20.1 Å². The first-order chi connectivity index (χ1) is 13.6. The molecule has 13 heteroatoms. The van der Waals surface area contributed by atoms with E-state index in [0.717, 1.165) is 6.07 Å². The number of fused-ring (bicyclic) bond motifs is 2. The summed E-state index contributed by atoms with van der Waals surface area (Å²) in [5.41, 5.74) is -0.289. The van der Waals surface area contributed by atoms with Crippen LogP contribution in [0.25, 0.3) is 0 Å². The van der Waals surface area contributed by atoms with Gasteiger partial charge in [0.1, 0.15) is 48.0 Å². The predicted octanol–water partition coefficient (Wildman–Crippen LogP) is 1.53. The van der Waals surface area contributed by atoms with Crippen LogP contribution in [0.1, 0.15) is 28.9 Å². The molecule has 0 fully saturated rings. The predicted molar refractivity (Wildman–Crippen MR) is 86.2 cm³/mol. The molecule has 156 valence electrons. The number of aliphatic hydroxyl groups is 1. The van der Waals surface area contributed by atoms with Crippen LogP contribution in [0.15, 0.2) is 12.1 Å². The molecule has 0 spiro atoms. The molecule has 0 saturated heterocycles. The maximum absolute atomic E-state index is 13.9. The molecule has 3 atom stereocenters. The van der Waals surface area contributed by atoms with Crippen LogP contribution in [-0.4, -0.2) is 50.8 Å². The van der Waals surface area contributed by atoms with Gasteiger partial charge in [-0.3, -0.25) is 4.79 Å². The molecular formula is C16H14F5N5O3. The van der Waals surface area contributed by atoms with Crippen molar-refractivity contribution in [2.24, 2.45) is 0 Å². The van der Waals surface area contributed by atoms with E-state index in [4.69, 9.17) is 4.74 Å². The van der Waals surface area contributed by atoms with Gasteiger partial charge in [-0.05, 0) is 6.42 Å². The van der Waals surface area contributed by atoms with Crippen molar-refractivity contribution in [2.75, 3.05) is 11.9 Å². The van der Waals surface area contributed by atoms with Gasteiger partial charge < -0.3 is 20.5 Å². The lowest BCUT2D eigenvalue weighted by Gasteiger charge is -2.21. The molecule has 1 aromatic heterocycles. The number of nitrogens with zero attached hydrogens (tertiary/aromatic N) is 3. The third-order valence-corrected chi connectivity index (χ3v) is 4.65. The van der Waals surface area contributed by atoms with Gasteiger partial charge in [-0.1, -0.05) is 0 Å². The van der Waals surface area contributed by atoms with Gasteiger partial charge in [0.25, 0.3) is 5.91 Å². The number of carbonyl (C=O) groups excluding carboxylic acids is 1. The van der Waals surface area contributed by atoms with Crippen molar-refractivity contribution < 1.29 is 36.6 Å². The lowest BCUT2D eigenvalue weighted by molar-refractivity contribution is -0.168. The number of aliphatic hydroxyl groups excluding tert-OH is 1. The molecule has 1 amide bonds. The number of nitrogens with one attached hydrogen (secondary N) is 2. The van der Waals surface area contributed by atoms with E-state index in [2.05, 4.69) is 20.7 Å². The van der Waals surface area contributed by atoms with Crippen molar-refractivity contribution >= 4 is 11.6 Å². The van der Waals surface area contributed by atoms with E-state index in [0.29, 0.717) is 10.7 Å². The summed E-state index contributed by atoms with van der Waals surface area (Å²) in [5, 5.41) is 18.5. The molecule has 3 N–H and O–H groups in total. The Hall–Kier alpha value is -2.96. The standard InChI is InChI=1S/C16H14F5N5O3/c17-6-3-7(18)12-9(4-6)29-5-8(14(27)24-12)22-15(28)13-23-11-2-1-10(16(19,20)21)26(11)25-13/h3-4,8,10,14,24,27H,1-2,5H2,(H,22,28)/t8-,10-,14?/m0/s1. The van der Waals surface area contributed by atoms with Gasteiger partial charge in [0.15, 0.2) is 5.82 Å². The van der Waals surface area contributed by atoms with Gasteiger partial charge in [0, 0.05) is 18.6 Å². The third kappa shape index (κ3) is 3.57. The summed E-state index contributed by atoms with van der Waals surface area (Å²) in [4.78, 5) is 16.2. The average molecular weight is 419 g/mol. The molecule has 29 heavy (non-hydrogen) atoms. The number of amides is 1. The highest BCUT2D eigenvalue weighted by atomic mass is 19.4. The maximum Gasteiger partial charge on any atom is 0.410 e. The first kappa shape index (κ1) is 19.4. The molecule has 2 aliphatic heterocycles. The van der Waals surface area contributed by atoms with Crippen LogP contribution in [0.2, 0.25) is 0 Å². The maximum atomic E-state index is 13.9. The number of rotatable bonds is 2. The largest absolute Gasteiger partial charge is 0.489 e. The number of ether oxygens (including phenoxy) is 1. The van der Waals surface area contributed by atoms with E-state index in [-0.39, 0.29) is 36.7 Å². The molecule has 0 aliphatic carbocycles. The Bertz CT molecular complexity index is 963. The molecule has 2 aliphatic rings. The Morgan fingerprint density at radius 2 is 2.10 bits per heavy atom. The van der Waals surface area contributed by atoms with Gasteiger partial charge in [0.2, 0.25) is 5.82 Å². The average Bonchev–Trinajstić information content (AvgIpc) is 3.16. The number of alkyl halides is 3. The first-order valence-corrected chi connectivity index (χ1v) is 8.53. The van der Waals surface area contributed by atoms with Crippen LogP contribution >= 0.6 is 0 Å². The number of carbonyl (C=O) groups is 1. The van der Waals surface area contributed by atoms with E-state index in [1.165, 1.54) is 0 Å². The van der Waals surface area contributed by atoms with Crippen molar-refractivity contribution in [3.05, 3.63) is 35.4 Å². The van der Waals surface area contributed by atoms with E-state index in [1.807, 2.05) is 0 Å². The van der Waals surface area contributed by atoms with Crippen molar-refractivity contribution in [2.45, 2.75) is 37.3 Å². The summed E-state index contributed by atoms with van der Waals surface area (Å²) in [5.74, 6) is -3.52. The Labute approximate surface area is 159 Å². The lowest BCUT2D eigenvalue weighted by atomic mass is 10.2. The highest BCUT2D eigenvalue weighted by Crippen LogP contribution is 2.38. The summed E-state index contributed by atoms with van der Waals surface area (Å²) in [6, 6.07) is -1.50. The van der Waals surface area contributed by atoms with Gasteiger partial charge >= 0.3 is 6.18 Å². The summed E-state index contributed by atoms with van der Waals surface area (Å²) in [7, 11) is 0. The highest BCUT2D eigenvalue weighted by Gasteiger charge is 2.46. The second-order valence-electron chi connectivity index (χ2n) is 6.63. The highest BCUT2D eigenvalue weighted by molar-refractivity contribution is 5.90. The van der Waals surface area contributed by atoms with E-state index in [9.17, 15) is 31.9 Å². The van der Waals surface area contributed by atoms with Crippen LogP contribution in [0.3, 0.4) is 0 Å². The van der Waals surface area contributed by atoms with Gasteiger partial charge in [-0.25, -0.2) is 18.4 Å². The van der Waals surface area contributed by atoms with Crippen LogP contribution in [0, 0.1) is 11.6 Å². The summed E-state index contributed by atoms with van der Waals surface area (Å²) in [6.07, 6.45) is -6.24. The summed E-state index contributed by atoms with van der Waals surface area (Å²) < 4.78 is 72.1. The lowest BCUT2D eigenvalue weighted by Crippen LogP contribution is -2.49. The number of aryl methyl sites for hydroxylation is 1. The quantitative estimate of drug-likeness (QED) is 0.639. The topological polar surface area (TPSA) is 101 Å². The van der Waals surface area contributed by atoms with Crippen LogP contribution in [-0.2, 0) is 6.42 Å². The van der Waals surface area contributed by atoms with Gasteiger partial charge in [-0.15, -0.1) is 5.10 Å².